The number of rotatable bonds is 2. The highest BCUT2D eigenvalue weighted by atomic mass is 14.9. The van der Waals surface area contributed by atoms with Gasteiger partial charge in [-0.25, -0.2) is 0 Å². The van der Waals surface area contributed by atoms with Crippen LogP contribution in [0.2, 0.25) is 0 Å². The molecule has 0 amide bonds. The van der Waals surface area contributed by atoms with Crippen molar-refractivity contribution in [3.8, 4) is 0 Å². The van der Waals surface area contributed by atoms with Crippen LogP contribution in [0.25, 0.3) is 0 Å². The number of hydrogen-bond acceptors (Lipinski definition) is 1. The molecule has 0 aromatic rings. The van der Waals surface area contributed by atoms with Gasteiger partial charge in [-0.1, -0.05) is 41.5 Å². The Bertz CT molecular complexity index is 200. The molecule has 0 saturated heterocycles. The second-order valence-corrected chi connectivity index (χ2v) is 7.55. The van der Waals surface area contributed by atoms with Crippen LogP contribution in [0.1, 0.15) is 60.8 Å². The van der Waals surface area contributed by atoms with Crippen LogP contribution in [-0.2, 0) is 0 Å². The Kier molecular flexibility index (Phi) is 3.86. The first-order valence-corrected chi connectivity index (χ1v) is 6.41. The predicted molar refractivity (Wildman–Crippen MR) is 68.0 cm³/mol. The van der Waals surface area contributed by atoms with Crippen molar-refractivity contribution in [1.82, 2.24) is 5.32 Å². The SMILES string of the molecule is CC1CC(NCC(C)(C)C)CC(C)(C)C1. The topological polar surface area (TPSA) is 12.0 Å². The fraction of sp³-hybridized carbons (Fsp3) is 1.00. The lowest BCUT2D eigenvalue weighted by Crippen LogP contribution is -2.43. The Morgan fingerprint density at radius 3 is 2.27 bits per heavy atom. The smallest absolute Gasteiger partial charge is 0.00749 e. The van der Waals surface area contributed by atoms with Crippen LogP contribution in [0.3, 0.4) is 0 Å². The van der Waals surface area contributed by atoms with Crippen LogP contribution in [-0.4, -0.2) is 12.6 Å². The van der Waals surface area contributed by atoms with E-state index in [1.54, 1.807) is 0 Å². The molecule has 0 heterocycles. The van der Waals surface area contributed by atoms with Crippen molar-refractivity contribution in [1.29, 1.82) is 0 Å². The molecule has 1 aliphatic rings. The van der Waals surface area contributed by atoms with Gasteiger partial charge < -0.3 is 5.32 Å². The minimum atomic E-state index is 0.408. The van der Waals surface area contributed by atoms with Gasteiger partial charge in [-0.2, -0.15) is 0 Å². The van der Waals surface area contributed by atoms with Crippen molar-refractivity contribution >= 4 is 0 Å². The van der Waals surface area contributed by atoms with Crippen molar-refractivity contribution in [2.24, 2.45) is 16.7 Å². The van der Waals surface area contributed by atoms with E-state index in [0.29, 0.717) is 10.8 Å². The zero-order valence-electron chi connectivity index (χ0n) is 11.5. The Hall–Kier alpha value is -0.0400. The molecule has 90 valence electrons. The van der Waals surface area contributed by atoms with Gasteiger partial charge >= 0.3 is 0 Å². The average Bonchev–Trinajstić information content (AvgIpc) is 1.95. The number of hydrogen-bond donors (Lipinski definition) is 1. The summed E-state index contributed by atoms with van der Waals surface area (Å²) in [5.41, 5.74) is 0.943. The maximum absolute atomic E-state index is 3.75. The molecule has 1 fully saturated rings. The quantitative estimate of drug-likeness (QED) is 0.732. The first-order valence-electron chi connectivity index (χ1n) is 6.41. The molecule has 0 aromatic carbocycles. The molecule has 1 rings (SSSR count). The van der Waals surface area contributed by atoms with Gasteiger partial charge in [0.25, 0.3) is 0 Å². The molecule has 1 aliphatic carbocycles. The van der Waals surface area contributed by atoms with Gasteiger partial charge in [-0.3, -0.25) is 0 Å². The summed E-state index contributed by atoms with van der Waals surface area (Å²) in [5.74, 6) is 0.881. The molecule has 0 radical (unpaired) electrons. The van der Waals surface area contributed by atoms with Gasteiger partial charge in [0, 0.05) is 12.6 Å². The molecule has 0 bridgehead atoms. The minimum Gasteiger partial charge on any atom is -0.313 e. The Labute approximate surface area is 96.0 Å². The van der Waals surface area contributed by atoms with Crippen molar-refractivity contribution in [3.63, 3.8) is 0 Å². The van der Waals surface area contributed by atoms with E-state index in [1.807, 2.05) is 0 Å². The van der Waals surface area contributed by atoms with E-state index in [9.17, 15) is 0 Å². The van der Waals surface area contributed by atoms with E-state index in [-0.39, 0.29) is 0 Å². The van der Waals surface area contributed by atoms with E-state index in [4.69, 9.17) is 0 Å². The third kappa shape index (κ3) is 5.01. The van der Waals surface area contributed by atoms with Crippen LogP contribution in [0.5, 0.6) is 0 Å². The van der Waals surface area contributed by atoms with E-state index in [1.165, 1.54) is 19.3 Å². The standard InChI is InChI=1S/C14H29N/c1-11-7-12(9-14(5,6)8-11)15-10-13(2,3)4/h11-12,15H,7-10H2,1-6H3. The second-order valence-electron chi connectivity index (χ2n) is 7.55. The predicted octanol–water partition coefficient (Wildman–Crippen LogP) is 3.84. The molecule has 1 heteroatoms. The highest BCUT2D eigenvalue weighted by Gasteiger charge is 2.32. The van der Waals surface area contributed by atoms with Gasteiger partial charge in [-0.05, 0) is 36.0 Å². The molecule has 0 aromatic heterocycles. The Morgan fingerprint density at radius 2 is 1.80 bits per heavy atom. The minimum absolute atomic E-state index is 0.408. The van der Waals surface area contributed by atoms with E-state index >= 15 is 0 Å². The van der Waals surface area contributed by atoms with Crippen molar-refractivity contribution < 1.29 is 0 Å². The fourth-order valence-corrected chi connectivity index (χ4v) is 2.95. The van der Waals surface area contributed by atoms with E-state index in [2.05, 4.69) is 46.9 Å². The fourth-order valence-electron chi connectivity index (χ4n) is 2.95. The largest absolute Gasteiger partial charge is 0.313 e. The Morgan fingerprint density at radius 1 is 1.20 bits per heavy atom. The summed E-state index contributed by atoms with van der Waals surface area (Å²) in [6, 6.07) is 0.739. The van der Waals surface area contributed by atoms with E-state index < -0.39 is 0 Å². The van der Waals surface area contributed by atoms with Gasteiger partial charge in [0.2, 0.25) is 0 Å². The van der Waals surface area contributed by atoms with Gasteiger partial charge in [0.1, 0.15) is 0 Å². The van der Waals surface area contributed by atoms with Crippen LogP contribution >= 0.6 is 0 Å². The van der Waals surface area contributed by atoms with Crippen molar-refractivity contribution in [2.75, 3.05) is 6.54 Å². The lowest BCUT2D eigenvalue weighted by molar-refractivity contribution is 0.144. The average molecular weight is 211 g/mol. The van der Waals surface area contributed by atoms with Crippen molar-refractivity contribution in [2.45, 2.75) is 66.8 Å². The van der Waals surface area contributed by atoms with Crippen LogP contribution in [0.15, 0.2) is 0 Å². The Balaban J connectivity index is 2.42. The molecule has 1 N–H and O–H groups in total. The zero-order chi connectivity index (χ0) is 11.7. The first kappa shape index (κ1) is 13.0. The van der Waals surface area contributed by atoms with Crippen LogP contribution in [0.4, 0.5) is 0 Å². The van der Waals surface area contributed by atoms with Gasteiger partial charge in [0.05, 0.1) is 0 Å². The van der Waals surface area contributed by atoms with Crippen LogP contribution < -0.4 is 5.32 Å². The molecular formula is C14H29N. The summed E-state index contributed by atoms with van der Waals surface area (Å²) in [6.45, 7) is 15.3. The summed E-state index contributed by atoms with van der Waals surface area (Å²) >= 11 is 0. The molecule has 2 atom stereocenters. The monoisotopic (exact) mass is 211 g/mol. The molecule has 1 nitrogen and oxygen atoms in total. The maximum atomic E-state index is 3.75. The second kappa shape index (κ2) is 4.45. The molecular weight excluding hydrogens is 182 g/mol. The van der Waals surface area contributed by atoms with Gasteiger partial charge in [-0.15, -0.1) is 0 Å². The first-order chi connectivity index (χ1) is 6.68. The van der Waals surface area contributed by atoms with E-state index in [0.717, 1.165) is 18.5 Å². The maximum Gasteiger partial charge on any atom is 0.00749 e. The normalized spacial score (nSPS) is 31.6. The molecule has 15 heavy (non-hydrogen) atoms. The summed E-state index contributed by atoms with van der Waals surface area (Å²) in [5, 5.41) is 3.75. The molecule has 1 saturated carbocycles. The van der Waals surface area contributed by atoms with Crippen LogP contribution in [0, 0.1) is 16.7 Å². The highest BCUT2D eigenvalue weighted by molar-refractivity contribution is 4.87. The van der Waals surface area contributed by atoms with Gasteiger partial charge in [0.15, 0.2) is 0 Å². The molecule has 2 unspecified atom stereocenters. The summed E-state index contributed by atoms with van der Waals surface area (Å²) in [7, 11) is 0. The summed E-state index contributed by atoms with van der Waals surface area (Å²) < 4.78 is 0. The lowest BCUT2D eigenvalue weighted by Gasteiger charge is -2.40. The summed E-state index contributed by atoms with van der Waals surface area (Å²) in [6.07, 6.45) is 4.09. The third-order valence-electron chi connectivity index (χ3n) is 3.31. The third-order valence-corrected chi connectivity index (χ3v) is 3.31. The van der Waals surface area contributed by atoms with Crippen molar-refractivity contribution in [3.05, 3.63) is 0 Å². The molecule has 0 spiro atoms. The lowest BCUT2D eigenvalue weighted by atomic mass is 9.70. The molecule has 0 aliphatic heterocycles. The summed E-state index contributed by atoms with van der Waals surface area (Å²) in [4.78, 5) is 0. The number of nitrogens with one attached hydrogen (secondary N) is 1. The zero-order valence-corrected chi connectivity index (χ0v) is 11.5. The highest BCUT2D eigenvalue weighted by Crippen LogP contribution is 2.38.